The minimum Gasteiger partial charge on any atom is -1.00 e. The SMILES string of the molecule is CN1c2ccccc2C([NH2+]CCCCCCC(=O)O)c2cc(F)c(Cl)cc2S1(=O)=O.Cc1cc2c(cc1Cl)C([NH2+]CCCCCCC(=O)O)c1ccccc1N(C)S2(=O)=O.Cc1cc2c(cc1F)C([NH2+]CCCCCCC(=O)O)c1ccccc1N(C)S2(=O)=O.[Cl-].[Cl-].[Cl-]. The van der Waals surface area contributed by atoms with Crippen molar-refractivity contribution in [3.63, 3.8) is 0 Å². The number of hydrogen-bond donors (Lipinski definition) is 6. The van der Waals surface area contributed by atoms with E-state index in [2.05, 4.69) is 10.6 Å². The topological polar surface area (TPSA) is 274 Å². The summed E-state index contributed by atoms with van der Waals surface area (Å²) in [5, 5.41) is 32.7. The van der Waals surface area contributed by atoms with Crippen molar-refractivity contribution in [1.82, 2.24) is 0 Å². The number of para-hydroxylation sites is 3. The molecule has 0 saturated heterocycles. The zero-order valence-corrected chi connectivity index (χ0v) is 58.5. The quantitative estimate of drug-likeness (QED) is 0.0459. The number of rotatable bonds is 24. The molecule has 9 N–H and O–H groups in total. The predicted molar refractivity (Wildman–Crippen MR) is 343 cm³/mol. The minimum atomic E-state index is -3.89. The lowest BCUT2D eigenvalue weighted by Gasteiger charge is -2.20. The molecule has 0 fully saturated rings. The number of carbonyl (C=O) groups is 3. The molecule has 0 radical (unpaired) electrons. The summed E-state index contributed by atoms with van der Waals surface area (Å²) in [7, 11) is -6.78. The number of aryl methyl sites for hydroxylation is 2. The highest BCUT2D eigenvalue weighted by molar-refractivity contribution is 7.93. The van der Waals surface area contributed by atoms with Gasteiger partial charge in [0.05, 0.1) is 56.4 Å². The average Bonchev–Trinajstić information content (AvgIpc) is 1.65. The first kappa shape index (κ1) is 79.6. The monoisotopic (exact) mass is 1450 g/mol. The van der Waals surface area contributed by atoms with Gasteiger partial charge < -0.3 is 68.5 Å². The molecule has 510 valence electrons. The van der Waals surface area contributed by atoms with Crippen molar-refractivity contribution < 1.29 is 117 Å². The Hall–Kier alpha value is -5.83. The van der Waals surface area contributed by atoms with Gasteiger partial charge in [0.1, 0.15) is 29.8 Å². The molecule has 0 aliphatic carbocycles. The molecule has 0 aromatic heterocycles. The third kappa shape index (κ3) is 19.4. The van der Waals surface area contributed by atoms with E-state index < -0.39 is 65.7 Å². The largest absolute Gasteiger partial charge is 1.00 e. The number of hydrogen-bond acceptors (Lipinski definition) is 9. The number of carboxylic acid groups (broad SMARTS) is 3. The van der Waals surface area contributed by atoms with E-state index in [1.54, 1.807) is 50.4 Å². The number of halogens is 7. The molecule has 93 heavy (non-hydrogen) atoms. The number of anilines is 3. The first-order valence-electron chi connectivity index (χ1n) is 30.2. The van der Waals surface area contributed by atoms with Crippen LogP contribution in [-0.4, -0.2) is 99.3 Å². The number of fused-ring (bicyclic) bond motifs is 6. The van der Waals surface area contributed by atoms with Crippen molar-refractivity contribution >= 4 is 88.2 Å². The van der Waals surface area contributed by atoms with Gasteiger partial charge in [0, 0.05) is 78.8 Å². The highest BCUT2D eigenvalue weighted by atomic mass is 35.5. The number of nitrogens with two attached hydrogens (primary N) is 3. The fourth-order valence-electron chi connectivity index (χ4n) is 11.7. The maximum atomic E-state index is 14.5. The van der Waals surface area contributed by atoms with Gasteiger partial charge in [-0.1, -0.05) is 97.1 Å². The van der Waals surface area contributed by atoms with E-state index in [0.29, 0.717) is 75.0 Å². The Morgan fingerprint density at radius 1 is 0.409 bits per heavy atom. The van der Waals surface area contributed by atoms with Crippen LogP contribution in [0.25, 0.3) is 0 Å². The Labute approximate surface area is 573 Å². The summed E-state index contributed by atoms with van der Waals surface area (Å²) >= 11 is 12.3. The van der Waals surface area contributed by atoms with Gasteiger partial charge in [0.2, 0.25) is 0 Å². The Morgan fingerprint density at radius 3 is 1.04 bits per heavy atom. The molecule has 18 nitrogen and oxygen atoms in total. The van der Waals surface area contributed by atoms with Gasteiger partial charge in [-0.2, -0.15) is 0 Å². The highest BCUT2D eigenvalue weighted by Gasteiger charge is 2.41. The average molecular weight is 1450 g/mol. The third-order valence-electron chi connectivity index (χ3n) is 16.6. The molecule has 6 aromatic carbocycles. The number of quaternary nitrogens is 3. The zero-order valence-electron chi connectivity index (χ0n) is 52.3. The number of benzene rings is 6. The van der Waals surface area contributed by atoms with E-state index in [0.717, 1.165) is 93.1 Å². The molecular weight excluding hydrogens is 1370 g/mol. The van der Waals surface area contributed by atoms with Crippen molar-refractivity contribution in [3.05, 3.63) is 175 Å². The van der Waals surface area contributed by atoms with Crippen molar-refractivity contribution in [2.45, 2.75) is 143 Å². The van der Waals surface area contributed by atoms with Gasteiger partial charge in [-0.3, -0.25) is 27.3 Å². The summed E-state index contributed by atoms with van der Waals surface area (Å²) in [4.78, 5) is 32.3. The van der Waals surface area contributed by atoms with Crippen LogP contribution < -0.4 is 66.1 Å². The van der Waals surface area contributed by atoms with Crippen LogP contribution in [0.4, 0.5) is 25.8 Å². The number of sulfonamides is 3. The van der Waals surface area contributed by atoms with Gasteiger partial charge in [0.15, 0.2) is 0 Å². The molecule has 3 heterocycles. The van der Waals surface area contributed by atoms with Crippen LogP contribution in [0.2, 0.25) is 10.0 Å². The molecular formula is C65H81Cl5F2N6O12S3. The first-order chi connectivity index (χ1) is 42.7. The maximum absolute atomic E-state index is 14.5. The number of carboxylic acids is 3. The number of unbranched alkanes of at least 4 members (excludes halogenated alkanes) is 9. The summed E-state index contributed by atoms with van der Waals surface area (Å²) in [5.74, 6) is -3.40. The lowest BCUT2D eigenvalue weighted by molar-refractivity contribution is -0.687. The maximum Gasteiger partial charge on any atom is 0.303 e. The predicted octanol–water partition coefficient (Wildman–Crippen LogP) is 0.753. The van der Waals surface area contributed by atoms with Crippen LogP contribution in [0.15, 0.2) is 124 Å². The fourth-order valence-corrected chi connectivity index (χ4v) is 16.6. The summed E-state index contributed by atoms with van der Waals surface area (Å²) in [6, 6.07) is 29.8. The normalized spacial score (nSPS) is 16.6. The summed E-state index contributed by atoms with van der Waals surface area (Å²) in [5.41, 5.74) is 6.94. The van der Waals surface area contributed by atoms with Gasteiger partial charge in [0.25, 0.3) is 30.1 Å². The zero-order chi connectivity index (χ0) is 65.7. The van der Waals surface area contributed by atoms with Crippen molar-refractivity contribution in [1.29, 1.82) is 0 Å². The molecule has 0 bridgehead atoms. The lowest BCUT2D eigenvalue weighted by atomic mass is 9.95. The van der Waals surface area contributed by atoms with Crippen molar-refractivity contribution in [2.75, 3.05) is 53.7 Å². The summed E-state index contributed by atoms with van der Waals surface area (Å²) in [6.45, 7) is 5.61. The standard InChI is InChI=1S/C22H27ClN2O4S.C22H27FN2O4S.C21H24ClFN2O4S.3ClH/c2*1-15-13-20-17(14-18(15)23)22(24-12-8-4-3-5-11-21(26)27)16-9-6-7-10-19(16)25(2)30(20,28)29;1-25-18-9-6-5-8-14(18)21(24-11-7-3-2-4-10-20(26)27)15-12-17(23)16(22)13-19(15)30(25,28)29;;;/h2*6-7,9-10,13-14,22,24H,3-5,8,11-12H2,1-2H3,(H,26,27);5-6,8-9,12-13,21,24H,2-4,7,10-11H2,1H3,(H,26,27);3*1H. The second-order valence-corrected chi connectivity index (χ2v) is 29.5. The van der Waals surface area contributed by atoms with E-state index in [1.807, 2.05) is 60.8 Å². The molecule has 3 aliphatic heterocycles. The van der Waals surface area contributed by atoms with E-state index in [-0.39, 0.29) is 83.4 Å². The van der Waals surface area contributed by atoms with Crippen LogP contribution in [0, 0.1) is 25.5 Å². The molecule has 3 aliphatic rings. The van der Waals surface area contributed by atoms with E-state index in [4.69, 9.17) is 38.5 Å². The Kier molecular flexibility index (Phi) is 30.6. The summed E-state index contributed by atoms with van der Waals surface area (Å²) in [6.07, 6.45) is 10.4. The minimum absolute atomic E-state index is 0. The van der Waals surface area contributed by atoms with Crippen LogP contribution in [0.5, 0.6) is 0 Å². The Balaban J connectivity index is 0.000000293. The second-order valence-electron chi connectivity index (χ2n) is 22.9. The molecule has 0 saturated carbocycles. The Morgan fingerprint density at radius 2 is 0.699 bits per heavy atom. The van der Waals surface area contributed by atoms with E-state index in [9.17, 15) is 48.4 Å². The molecule has 0 spiro atoms. The van der Waals surface area contributed by atoms with Crippen LogP contribution in [0.1, 0.15) is 159 Å². The van der Waals surface area contributed by atoms with Crippen LogP contribution in [0.3, 0.4) is 0 Å². The molecule has 6 aromatic rings. The molecule has 28 heteroatoms. The van der Waals surface area contributed by atoms with Gasteiger partial charge in [-0.05, 0) is 137 Å². The van der Waals surface area contributed by atoms with Crippen LogP contribution >= 0.6 is 23.2 Å². The molecule has 0 amide bonds. The molecule has 3 atom stereocenters. The van der Waals surface area contributed by atoms with Gasteiger partial charge in [-0.15, -0.1) is 0 Å². The number of aliphatic carboxylic acids is 3. The smallest absolute Gasteiger partial charge is 0.303 e. The number of nitrogens with zero attached hydrogens (tertiary/aromatic N) is 3. The second kappa shape index (κ2) is 35.8. The van der Waals surface area contributed by atoms with Crippen LogP contribution in [-0.2, 0) is 44.5 Å². The molecule has 9 rings (SSSR count). The van der Waals surface area contributed by atoms with Crippen molar-refractivity contribution in [2.24, 2.45) is 0 Å². The van der Waals surface area contributed by atoms with Gasteiger partial charge >= 0.3 is 17.9 Å². The third-order valence-corrected chi connectivity index (χ3v) is 22.8. The van der Waals surface area contributed by atoms with Gasteiger partial charge in [-0.25, -0.2) is 34.0 Å². The Bertz CT molecular complexity index is 3540. The fraction of sp³-hybridized carbons (Fsp3) is 0.400. The lowest BCUT2D eigenvalue weighted by Crippen LogP contribution is -3.00. The molecule has 3 unspecified atom stereocenters. The summed E-state index contributed by atoms with van der Waals surface area (Å²) < 4.78 is 112. The highest BCUT2D eigenvalue weighted by Crippen LogP contribution is 2.43. The van der Waals surface area contributed by atoms with E-state index in [1.165, 1.54) is 51.3 Å². The first-order valence-corrected chi connectivity index (χ1v) is 35.3. The van der Waals surface area contributed by atoms with Crippen molar-refractivity contribution in [3.8, 4) is 0 Å². The van der Waals surface area contributed by atoms with E-state index >= 15 is 0 Å².